The van der Waals surface area contributed by atoms with Gasteiger partial charge in [0, 0.05) is 18.7 Å². The Morgan fingerprint density at radius 1 is 1.53 bits per heavy atom. The molecule has 1 aromatic carbocycles. The summed E-state index contributed by atoms with van der Waals surface area (Å²) in [4.78, 5) is -0.160. The molecule has 1 atom stereocenters. The highest BCUT2D eigenvalue weighted by molar-refractivity contribution is 7.89. The summed E-state index contributed by atoms with van der Waals surface area (Å²) in [6.07, 6.45) is 0.794. The lowest BCUT2D eigenvalue weighted by molar-refractivity contribution is 0.281. The topological polar surface area (TPSA) is 57.6 Å². The Hall–Kier alpha value is -0.690. The fourth-order valence-corrected chi connectivity index (χ4v) is 3.95. The molecule has 0 saturated carbocycles. The Kier molecular flexibility index (Phi) is 4.15. The van der Waals surface area contributed by atoms with Gasteiger partial charge in [-0.2, -0.15) is 4.31 Å². The highest BCUT2D eigenvalue weighted by atomic mass is 35.5. The van der Waals surface area contributed by atoms with Crippen molar-refractivity contribution in [3.05, 3.63) is 28.5 Å². The van der Waals surface area contributed by atoms with E-state index in [2.05, 4.69) is 0 Å². The Morgan fingerprint density at radius 2 is 2.21 bits per heavy atom. The Morgan fingerprint density at radius 3 is 2.74 bits per heavy atom. The molecule has 0 radical (unpaired) electrons. The van der Waals surface area contributed by atoms with Crippen molar-refractivity contribution >= 4 is 21.6 Å². The first-order valence-electron chi connectivity index (χ1n) is 5.95. The van der Waals surface area contributed by atoms with Crippen LogP contribution in [0.15, 0.2) is 17.0 Å². The summed E-state index contributed by atoms with van der Waals surface area (Å²) in [5.74, 6) is -0.539. The van der Waals surface area contributed by atoms with E-state index < -0.39 is 22.4 Å². The highest BCUT2D eigenvalue weighted by Crippen LogP contribution is 2.28. The maximum atomic E-state index is 13.6. The van der Waals surface area contributed by atoms with Gasteiger partial charge in [0.15, 0.2) is 0 Å². The lowest BCUT2D eigenvalue weighted by Gasteiger charge is -2.17. The molecule has 2 rings (SSSR count). The zero-order chi connectivity index (χ0) is 14.2. The molecule has 1 aliphatic rings. The predicted octanol–water partition coefficient (Wildman–Crippen LogP) is 2.00. The SMILES string of the molecule is CC1CCN(S(=O)(=O)c2cc(F)c(Cl)c(CO)c2)C1. The van der Waals surface area contributed by atoms with E-state index in [1.54, 1.807) is 0 Å². The van der Waals surface area contributed by atoms with Gasteiger partial charge in [0.25, 0.3) is 0 Å². The third kappa shape index (κ3) is 2.76. The number of aliphatic hydroxyl groups excluding tert-OH is 1. The van der Waals surface area contributed by atoms with E-state index in [0.29, 0.717) is 19.0 Å². The van der Waals surface area contributed by atoms with Crippen LogP contribution in [0.2, 0.25) is 5.02 Å². The number of rotatable bonds is 3. The van der Waals surface area contributed by atoms with Gasteiger partial charge in [-0.15, -0.1) is 0 Å². The van der Waals surface area contributed by atoms with Gasteiger partial charge in [-0.25, -0.2) is 12.8 Å². The van der Waals surface area contributed by atoms with Gasteiger partial charge >= 0.3 is 0 Å². The van der Waals surface area contributed by atoms with Crippen molar-refractivity contribution in [2.75, 3.05) is 13.1 Å². The van der Waals surface area contributed by atoms with Crippen LogP contribution >= 0.6 is 11.6 Å². The molecule has 19 heavy (non-hydrogen) atoms. The monoisotopic (exact) mass is 307 g/mol. The highest BCUT2D eigenvalue weighted by Gasteiger charge is 2.31. The van der Waals surface area contributed by atoms with Crippen LogP contribution in [0, 0.1) is 11.7 Å². The molecule has 7 heteroatoms. The van der Waals surface area contributed by atoms with E-state index >= 15 is 0 Å². The smallest absolute Gasteiger partial charge is 0.243 e. The fourth-order valence-electron chi connectivity index (χ4n) is 2.14. The summed E-state index contributed by atoms with van der Waals surface area (Å²) in [5.41, 5.74) is 0.0764. The second-order valence-corrected chi connectivity index (χ2v) is 7.11. The maximum Gasteiger partial charge on any atom is 0.243 e. The number of nitrogens with zero attached hydrogens (tertiary/aromatic N) is 1. The van der Waals surface area contributed by atoms with Crippen LogP contribution in [0.25, 0.3) is 0 Å². The van der Waals surface area contributed by atoms with Crippen molar-refractivity contribution in [3.63, 3.8) is 0 Å². The molecule has 0 bridgehead atoms. The average molecular weight is 308 g/mol. The first kappa shape index (κ1) is 14.7. The average Bonchev–Trinajstić information content (AvgIpc) is 2.79. The molecule has 0 aliphatic carbocycles. The summed E-state index contributed by atoms with van der Waals surface area (Å²) in [5, 5.41) is 8.84. The van der Waals surface area contributed by atoms with E-state index in [9.17, 15) is 12.8 Å². The molecule has 1 heterocycles. The van der Waals surface area contributed by atoms with E-state index in [0.717, 1.165) is 12.5 Å². The Bertz CT molecular complexity index is 591. The fraction of sp³-hybridized carbons (Fsp3) is 0.500. The van der Waals surface area contributed by atoms with E-state index in [1.165, 1.54) is 10.4 Å². The van der Waals surface area contributed by atoms with Gasteiger partial charge in [-0.1, -0.05) is 18.5 Å². The summed E-state index contributed by atoms with van der Waals surface area (Å²) >= 11 is 5.65. The summed E-state index contributed by atoms with van der Waals surface area (Å²) in [7, 11) is -3.72. The van der Waals surface area contributed by atoms with Gasteiger partial charge in [0.1, 0.15) is 5.82 Å². The normalized spacial score (nSPS) is 20.9. The van der Waals surface area contributed by atoms with Gasteiger partial charge < -0.3 is 5.11 Å². The Labute approximate surface area is 116 Å². The first-order chi connectivity index (χ1) is 8.86. The van der Waals surface area contributed by atoms with E-state index in [4.69, 9.17) is 16.7 Å². The molecule has 1 unspecified atom stereocenters. The molecule has 0 spiro atoms. The van der Waals surface area contributed by atoms with Crippen LogP contribution in [-0.4, -0.2) is 30.9 Å². The Balaban J connectivity index is 2.44. The van der Waals surface area contributed by atoms with Crippen LogP contribution in [0.5, 0.6) is 0 Å². The molecule has 1 aromatic rings. The second-order valence-electron chi connectivity index (χ2n) is 4.79. The minimum atomic E-state index is -3.72. The number of sulfonamides is 1. The predicted molar refractivity (Wildman–Crippen MR) is 69.9 cm³/mol. The van der Waals surface area contributed by atoms with Crippen LogP contribution < -0.4 is 0 Å². The number of benzene rings is 1. The van der Waals surface area contributed by atoms with Gasteiger partial charge in [-0.3, -0.25) is 0 Å². The second kappa shape index (κ2) is 5.36. The molecule has 1 N–H and O–H groups in total. The quantitative estimate of drug-likeness (QED) is 0.929. The molecule has 1 saturated heterocycles. The van der Waals surface area contributed by atoms with Crippen LogP contribution in [0.4, 0.5) is 4.39 Å². The van der Waals surface area contributed by atoms with Crippen molar-refractivity contribution in [2.45, 2.75) is 24.8 Å². The standard InChI is InChI=1S/C12H15ClFNO3S/c1-8-2-3-15(6-8)19(17,18)10-4-9(7-16)12(13)11(14)5-10/h4-5,8,16H,2-3,6-7H2,1H3. The number of halogens is 2. The van der Waals surface area contributed by atoms with Crippen molar-refractivity contribution in [2.24, 2.45) is 5.92 Å². The van der Waals surface area contributed by atoms with Gasteiger partial charge in [0.2, 0.25) is 10.0 Å². The van der Waals surface area contributed by atoms with Crippen LogP contribution in [0.1, 0.15) is 18.9 Å². The molecular weight excluding hydrogens is 293 g/mol. The van der Waals surface area contributed by atoms with E-state index in [-0.39, 0.29) is 15.5 Å². The maximum absolute atomic E-state index is 13.6. The lowest BCUT2D eigenvalue weighted by atomic mass is 10.2. The minimum absolute atomic E-state index is 0.0764. The molecule has 106 valence electrons. The van der Waals surface area contributed by atoms with Crippen LogP contribution in [0.3, 0.4) is 0 Å². The van der Waals surface area contributed by atoms with Crippen molar-refractivity contribution in [1.82, 2.24) is 4.31 Å². The minimum Gasteiger partial charge on any atom is -0.392 e. The molecular formula is C12H15ClFNO3S. The zero-order valence-corrected chi connectivity index (χ0v) is 12.0. The van der Waals surface area contributed by atoms with Gasteiger partial charge in [-0.05, 0) is 24.5 Å². The molecule has 1 fully saturated rings. The third-order valence-electron chi connectivity index (χ3n) is 3.27. The van der Waals surface area contributed by atoms with Crippen molar-refractivity contribution < 1.29 is 17.9 Å². The summed E-state index contributed by atoms with van der Waals surface area (Å²) in [6.45, 7) is 2.33. The third-order valence-corrected chi connectivity index (χ3v) is 5.54. The molecule has 1 aliphatic heterocycles. The molecule has 0 amide bonds. The molecule has 4 nitrogen and oxygen atoms in total. The first-order valence-corrected chi connectivity index (χ1v) is 7.77. The molecule has 0 aromatic heterocycles. The van der Waals surface area contributed by atoms with E-state index in [1.807, 2.05) is 6.92 Å². The van der Waals surface area contributed by atoms with Crippen LogP contribution in [-0.2, 0) is 16.6 Å². The van der Waals surface area contributed by atoms with Gasteiger partial charge in [0.05, 0.1) is 16.5 Å². The summed E-state index contributed by atoms with van der Waals surface area (Å²) < 4.78 is 39.6. The number of hydrogen-bond acceptors (Lipinski definition) is 3. The number of aliphatic hydroxyl groups is 1. The lowest BCUT2D eigenvalue weighted by Crippen LogP contribution is -2.28. The number of hydrogen-bond donors (Lipinski definition) is 1. The zero-order valence-electron chi connectivity index (χ0n) is 10.4. The van der Waals surface area contributed by atoms with Crippen molar-refractivity contribution in [1.29, 1.82) is 0 Å². The largest absolute Gasteiger partial charge is 0.392 e. The van der Waals surface area contributed by atoms with Crippen molar-refractivity contribution in [3.8, 4) is 0 Å². The summed E-state index contributed by atoms with van der Waals surface area (Å²) in [6, 6.07) is 2.13.